The number of aliphatic hydroxyl groups excluding tert-OH is 1. The van der Waals surface area contributed by atoms with E-state index in [0.717, 1.165) is 12.1 Å². The maximum Gasteiger partial charge on any atom is 0.253 e. The average Bonchev–Trinajstić information content (AvgIpc) is 2.48. The summed E-state index contributed by atoms with van der Waals surface area (Å²) in [6.07, 6.45) is -1.67. The first-order chi connectivity index (χ1) is 9.58. The van der Waals surface area contributed by atoms with Crippen molar-refractivity contribution < 1.29 is 19.1 Å². The van der Waals surface area contributed by atoms with Gasteiger partial charge in [0.15, 0.2) is 6.23 Å². The quantitative estimate of drug-likeness (QED) is 0.659. The van der Waals surface area contributed by atoms with Gasteiger partial charge >= 0.3 is 0 Å². The van der Waals surface area contributed by atoms with Crippen LogP contribution < -0.4 is 5.32 Å². The highest BCUT2D eigenvalue weighted by molar-refractivity contribution is 6.03. The van der Waals surface area contributed by atoms with Crippen molar-refractivity contribution in [2.24, 2.45) is 0 Å². The van der Waals surface area contributed by atoms with Crippen LogP contribution in [0.4, 0.5) is 4.39 Å². The molecule has 0 unspecified atom stereocenters. The van der Waals surface area contributed by atoms with Gasteiger partial charge in [0.1, 0.15) is 5.82 Å². The summed E-state index contributed by atoms with van der Waals surface area (Å²) in [5.41, 5.74) is 0.450. The third kappa shape index (κ3) is 3.27. The summed E-state index contributed by atoms with van der Waals surface area (Å²) in [7, 11) is 0. The molecule has 2 aromatic carbocycles. The second-order valence-electron chi connectivity index (χ2n) is 4.11. The number of carbonyl (C=O) groups excluding carboxylic acids is 2. The lowest BCUT2D eigenvalue weighted by molar-refractivity contribution is 0.0607. The van der Waals surface area contributed by atoms with Crippen molar-refractivity contribution >= 4 is 11.7 Å². The van der Waals surface area contributed by atoms with Gasteiger partial charge in [-0.3, -0.25) is 9.59 Å². The molecule has 0 aromatic heterocycles. The predicted octanol–water partition coefficient (Wildman–Crippen LogP) is 1.76. The lowest BCUT2D eigenvalue weighted by Crippen LogP contribution is -2.40. The first kappa shape index (κ1) is 13.9. The van der Waals surface area contributed by atoms with Crippen LogP contribution in [0, 0.1) is 5.82 Å². The van der Waals surface area contributed by atoms with Gasteiger partial charge in [-0.1, -0.05) is 18.2 Å². The molecule has 2 rings (SSSR count). The zero-order chi connectivity index (χ0) is 14.5. The highest BCUT2D eigenvalue weighted by Crippen LogP contribution is 2.06. The van der Waals surface area contributed by atoms with Crippen LogP contribution in [0.3, 0.4) is 0 Å². The summed E-state index contributed by atoms with van der Waals surface area (Å²) in [5.74, 6) is -1.74. The van der Waals surface area contributed by atoms with Crippen LogP contribution in [0.5, 0.6) is 0 Å². The van der Waals surface area contributed by atoms with Crippen LogP contribution in [0.15, 0.2) is 54.6 Å². The van der Waals surface area contributed by atoms with Gasteiger partial charge in [-0.05, 0) is 36.4 Å². The van der Waals surface area contributed by atoms with Gasteiger partial charge in [-0.25, -0.2) is 4.39 Å². The number of halogens is 1. The Balaban J connectivity index is 2.05. The van der Waals surface area contributed by atoms with E-state index in [1.54, 1.807) is 30.3 Å². The molecule has 1 amide bonds. The lowest BCUT2D eigenvalue weighted by atomic mass is 10.1. The van der Waals surface area contributed by atoms with Gasteiger partial charge in [0, 0.05) is 11.1 Å². The molecule has 0 fully saturated rings. The molecule has 2 aromatic rings. The molecule has 5 heteroatoms. The molecule has 2 N–H and O–H groups in total. The first-order valence-electron chi connectivity index (χ1n) is 5.91. The van der Waals surface area contributed by atoms with Crippen LogP contribution in [-0.2, 0) is 0 Å². The zero-order valence-electron chi connectivity index (χ0n) is 10.4. The molecule has 0 aliphatic rings. The third-order valence-corrected chi connectivity index (χ3v) is 2.68. The van der Waals surface area contributed by atoms with E-state index in [4.69, 9.17) is 0 Å². The van der Waals surface area contributed by atoms with Crippen LogP contribution in [0.2, 0.25) is 0 Å². The Morgan fingerprint density at radius 2 is 1.55 bits per heavy atom. The Kier molecular flexibility index (Phi) is 4.22. The van der Waals surface area contributed by atoms with Crippen LogP contribution in [0.1, 0.15) is 20.7 Å². The second-order valence-corrected chi connectivity index (χ2v) is 4.11. The maximum absolute atomic E-state index is 12.7. The highest BCUT2D eigenvalue weighted by atomic mass is 19.1. The number of carbonyl (C=O) groups is 2. The van der Waals surface area contributed by atoms with Gasteiger partial charge in [-0.15, -0.1) is 0 Å². The molecular weight excluding hydrogens is 261 g/mol. The first-order valence-corrected chi connectivity index (χ1v) is 5.91. The summed E-state index contributed by atoms with van der Waals surface area (Å²) >= 11 is 0. The van der Waals surface area contributed by atoms with E-state index in [9.17, 15) is 19.1 Å². The number of ketones is 1. The fourth-order valence-corrected chi connectivity index (χ4v) is 1.63. The Bertz CT molecular complexity index is 611. The number of Topliss-reactive ketones (excluding diaryl/α,β-unsaturated/α-hetero) is 1. The van der Waals surface area contributed by atoms with Crippen molar-refractivity contribution in [1.29, 1.82) is 0 Å². The highest BCUT2D eigenvalue weighted by Gasteiger charge is 2.19. The molecule has 0 radical (unpaired) electrons. The molecular formula is C15H12FNO3. The van der Waals surface area contributed by atoms with E-state index in [-0.39, 0.29) is 5.56 Å². The minimum atomic E-state index is -1.67. The van der Waals surface area contributed by atoms with E-state index in [1.807, 2.05) is 0 Å². The van der Waals surface area contributed by atoms with Crippen molar-refractivity contribution in [1.82, 2.24) is 5.32 Å². The summed E-state index contributed by atoms with van der Waals surface area (Å²) in [5, 5.41) is 11.9. The van der Waals surface area contributed by atoms with E-state index in [2.05, 4.69) is 5.32 Å². The molecule has 0 aliphatic carbocycles. The maximum atomic E-state index is 12.7. The molecule has 1 atom stereocenters. The Morgan fingerprint density at radius 3 is 2.15 bits per heavy atom. The normalized spacial score (nSPS) is 11.7. The van der Waals surface area contributed by atoms with Crippen LogP contribution in [-0.4, -0.2) is 23.0 Å². The summed E-state index contributed by atoms with van der Waals surface area (Å²) in [6.45, 7) is 0. The average molecular weight is 273 g/mol. The Morgan fingerprint density at radius 1 is 0.950 bits per heavy atom. The molecule has 0 spiro atoms. The minimum Gasteiger partial charge on any atom is -0.367 e. The number of aliphatic hydroxyl groups is 1. The zero-order valence-corrected chi connectivity index (χ0v) is 10.4. The molecule has 102 valence electrons. The van der Waals surface area contributed by atoms with Gasteiger partial charge in [0.05, 0.1) is 0 Å². The Labute approximate surface area is 114 Å². The SMILES string of the molecule is O=C(N[C@H](O)C(=O)c1ccc(F)cc1)c1ccccc1. The molecule has 0 saturated heterocycles. The smallest absolute Gasteiger partial charge is 0.253 e. The molecule has 0 bridgehead atoms. The number of amides is 1. The predicted molar refractivity (Wildman–Crippen MR) is 70.6 cm³/mol. The molecule has 0 saturated carbocycles. The van der Waals surface area contributed by atoms with Crippen molar-refractivity contribution in [2.45, 2.75) is 6.23 Å². The molecule has 20 heavy (non-hydrogen) atoms. The lowest BCUT2D eigenvalue weighted by Gasteiger charge is -2.12. The molecule has 4 nitrogen and oxygen atoms in total. The monoisotopic (exact) mass is 273 g/mol. The van der Waals surface area contributed by atoms with E-state index >= 15 is 0 Å². The van der Waals surface area contributed by atoms with Crippen LogP contribution in [0.25, 0.3) is 0 Å². The van der Waals surface area contributed by atoms with Gasteiger partial charge in [0.25, 0.3) is 5.91 Å². The summed E-state index contributed by atoms with van der Waals surface area (Å²) < 4.78 is 12.7. The number of hydrogen-bond acceptors (Lipinski definition) is 3. The van der Waals surface area contributed by atoms with Crippen molar-refractivity contribution in [3.05, 3.63) is 71.5 Å². The number of nitrogens with one attached hydrogen (secondary N) is 1. The fourth-order valence-electron chi connectivity index (χ4n) is 1.63. The van der Waals surface area contributed by atoms with Gasteiger partial charge in [0.2, 0.25) is 5.78 Å². The summed E-state index contributed by atoms with van der Waals surface area (Å²) in [4.78, 5) is 23.6. The number of hydrogen-bond donors (Lipinski definition) is 2. The van der Waals surface area contributed by atoms with Gasteiger partial charge < -0.3 is 10.4 Å². The van der Waals surface area contributed by atoms with Crippen molar-refractivity contribution in [2.75, 3.05) is 0 Å². The van der Waals surface area contributed by atoms with Crippen molar-refractivity contribution in [3.63, 3.8) is 0 Å². The minimum absolute atomic E-state index is 0.118. The molecule has 0 heterocycles. The largest absolute Gasteiger partial charge is 0.367 e. The number of rotatable bonds is 4. The second kappa shape index (κ2) is 6.08. The van der Waals surface area contributed by atoms with E-state index in [0.29, 0.717) is 5.56 Å². The topological polar surface area (TPSA) is 66.4 Å². The third-order valence-electron chi connectivity index (χ3n) is 2.68. The summed E-state index contributed by atoms with van der Waals surface area (Å²) in [6, 6.07) is 12.9. The fraction of sp³-hybridized carbons (Fsp3) is 0.0667. The van der Waals surface area contributed by atoms with E-state index in [1.165, 1.54) is 12.1 Å². The Hall–Kier alpha value is -2.53. The van der Waals surface area contributed by atoms with Crippen LogP contribution >= 0.6 is 0 Å². The van der Waals surface area contributed by atoms with Gasteiger partial charge in [-0.2, -0.15) is 0 Å². The van der Waals surface area contributed by atoms with Crippen molar-refractivity contribution in [3.8, 4) is 0 Å². The standard InChI is InChI=1S/C15H12FNO3/c16-12-8-6-10(7-9-12)13(18)15(20)17-14(19)11-4-2-1-3-5-11/h1-9,15,20H,(H,17,19)/t15-/m1/s1. The number of benzene rings is 2. The van der Waals surface area contributed by atoms with E-state index < -0.39 is 23.7 Å². The molecule has 0 aliphatic heterocycles.